The van der Waals surface area contributed by atoms with Gasteiger partial charge in [-0.1, -0.05) is 18.2 Å². The maximum absolute atomic E-state index is 13.9. The zero-order valence-electron chi connectivity index (χ0n) is 16.1. The molecule has 2 aliphatic heterocycles. The molecule has 0 aromatic heterocycles. The van der Waals surface area contributed by atoms with Crippen molar-refractivity contribution in [2.45, 2.75) is 62.9 Å². The number of nitrogens with zero attached hydrogens (tertiary/aromatic N) is 1. The highest BCUT2D eigenvalue weighted by molar-refractivity contribution is 6.11. The molecule has 2 spiro atoms. The Morgan fingerprint density at radius 3 is 2.43 bits per heavy atom. The van der Waals surface area contributed by atoms with Crippen LogP contribution in [0.4, 0.5) is 0 Å². The van der Waals surface area contributed by atoms with E-state index in [0.29, 0.717) is 35.9 Å². The van der Waals surface area contributed by atoms with Crippen LogP contribution < -0.4 is 5.32 Å². The predicted molar refractivity (Wildman–Crippen MR) is 103 cm³/mol. The van der Waals surface area contributed by atoms with E-state index < -0.39 is 6.04 Å². The van der Waals surface area contributed by atoms with Gasteiger partial charge in [-0.3, -0.25) is 14.4 Å². The maximum atomic E-state index is 13.9. The lowest BCUT2D eigenvalue weighted by Gasteiger charge is -2.61. The van der Waals surface area contributed by atoms with Crippen LogP contribution >= 0.6 is 0 Å². The number of carbonyl (C=O) groups excluding carboxylic acids is 3. The smallest absolute Gasteiger partial charge is 0.252 e. The highest BCUT2D eigenvalue weighted by atomic mass is 16.2. The molecule has 4 bridgehead atoms. The first kappa shape index (κ1) is 16.8. The van der Waals surface area contributed by atoms with Crippen molar-refractivity contribution in [3.63, 3.8) is 0 Å². The summed E-state index contributed by atoms with van der Waals surface area (Å²) in [5.41, 5.74) is 0.275. The molecule has 6 aliphatic rings. The van der Waals surface area contributed by atoms with E-state index in [1.165, 1.54) is 6.42 Å². The summed E-state index contributed by atoms with van der Waals surface area (Å²) in [6.45, 7) is 0.670. The Kier molecular flexibility index (Phi) is 3.27. The van der Waals surface area contributed by atoms with Gasteiger partial charge in [-0.2, -0.15) is 0 Å². The number of Topliss-reactive ketones (excluding diaryl/α,β-unsaturated/α-hetero) is 1. The Hall–Kier alpha value is -2.17. The lowest BCUT2D eigenvalue weighted by molar-refractivity contribution is -0.161. The quantitative estimate of drug-likeness (QED) is 0.755. The number of fused-ring (bicyclic) bond motifs is 2. The van der Waals surface area contributed by atoms with Crippen molar-refractivity contribution < 1.29 is 14.4 Å². The summed E-state index contributed by atoms with van der Waals surface area (Å²) in [6.07, 6.45) is 7.32. The molecule has 7 rings (SSSR count). The Morgan fingerprint density at radius 2 is 1.68 bits per heavy atom. The molecule has 3 unspecified atom stereocenters. The van der Waals surface area contributed by atoms with Crippen molar-refractivity contribution >= 4 is 17.6 Å². The van der Waals surface area contributed by atoms with Crippen molar-refractivity contribution in [1.29, 1.82) is 0 Å². The van der Waals surface area contributed by atoms with E-state index in [4.69, 9.17) is 0 Å². The first-order valence-electron chi connectivity index (χ1n) is 10.8. The van der Waals surface area contributed by atoms with Crippen LogP contribution in [0.2, 0.25) is 0 Å². The minimum absolute atomic E-state index is 0.0679. The summed E-state index contributed by atoms with van der Waals surface area (Å²) in [7, 11) is 0. The molecule has 0 radical (unpaired) electrons. The highest BCUT2D eigenvalue weighted by Gasteiger charge is 2.62. The second kappa shape index (κ2) is 5.46. The van der Waals surface area contributed by atoms with Crippen LogP contribution in [-0.4, -0.2) is 40.6 Å². The molecule has 28 heavy (non-hydrogen) atoms. The normalized spacial score (nSPS) is 41.4. The Labute approximate surface area is 164 Å². The topological polar surface area (TPSA) is 66.5 Å². The minimum Gasteiger partial charge on any atom is -0.347 e. The third kappa shape index (κ3) is 2.16. The van der Waals surface area contributed by atoms with E-state index in [2.05, 4.69) is 5.32 Å². The van der Waals surface area contributed by atoms with E-state index in [1.807, 2.05) is 17.0 Å². The summed E-state index contributed by atoms with van der Waals surface area (Å²) in [5, 5.41) is 3.35. The van der Waals surface area contributed by atoms with E-state index >= 15 is 0 Å². The fraction of sp³-hybridized carbons (Fsp3) is 0.609. The molecule has 146 valence electrons. The Bertz CT molecular complexity index is 893. The van der Waals surface area contributed by atoms with E-state index in [9.17, 15) is 14.4 Å². The van der Waals surface area contributed by atoms with E-state index in [0.717, 1.165) is 38.5 Å². The summed E-state index contributed by atoms with van der Waals surface area (Å²) in [6, 6.07) is 6.74. The van der Waals surface area contributed by atoms with Gasteiger partial charge in [-0.25, -0.2) is 0 Å². The van der Waals surface area contributed by atoms with Crippen LogP contribution in [0.25, 0.3) is 0 Å². The molecule has 2 heterocycles. The number of rotatable bonds is 0. The largest absolute Gasteiger partial charge is 0.347 e. The van der Waals surface area contributed by atoms with Crippen molar-refractivity contribution in [3.05, 3.63) is 35.4 Å². The lowest BCUT2D eigenvalue weighted by atomic mass is 9.46. The average molecular weight is 378 g/mol. The van der Waals surface area contributed by atoms with Gasteiger partial charge >= 0.3 is 0 Å². The van der Waals surface area contributed by atoms with Crippen LogP contribution in [0.5, 0.6) is 0 Å². The van der Waals surface area contributed by atoms with Gasteiger partial charge < -0.3 is 10.2 Å². The Balaban J connectivity index is 1.54. The fourth-order valence-corrected chi connectivity index (χ4v) is 7.63. The molecular formula is C23H26N2O3. The summed E-state index contributed by atoms with van der Waals surface area (Å²) in [5.74, 6) is 1.01. The molecule has 5 nitrogen and oxygen atoms in total. The molecule has 1 aromatic rings. The van der Waals surface area contributed by atoms with Crippen molar-refractivity contribution in [3.8, 4) is 0 Å². The van der Waals surface area contributed by atoms with Crippen LogP contribution in [0, 0.1) is 17.3 Å². The average Bonchev–Trinajstić information content (AvgIpc) is 3.14. The summed E-state index contributed by atoms with van der Waals surface area (Å²) < 4.78 is 0. The number of ketones is 1. The van der Waals surface area contributed by atoms with Gasteiger partial charge in [0.2, 0.25) is 5.91 Å². The summed E-state index contributed by atoms with van der Waals surface area (Å²) >= 11 is 0. The van der Waals surface area contributed by atoms with Gasteiger partial charge in [-0.15, -0.1) is 0 Å². The monoisotopic (exact) mass is 378 g/mol. The molecule has 4 saturated carbocycles. The third-order valence-electron chi connectivity index (χ3n) is 8.15. The van der Waals surface area contributed by atoms with Crippen LogP contribution in [0.3, 0.4) is 0 Å². The van der Waals surface area contributed by atoms with Gasteiger partial charge in [0.1, 0.15) is 0 Å². The first-order chi connectivity index (χ1) is 13.5. The number of carbonyl (C=O) groups is 3. The lowest BCUT2D eigenvalue weighted by Crippen LogP contribution is -2.66. The molecule has 1 saturated heterocycles. The van der Waals surface area contributed by atoms with E-state index in [-0.39, 0.29) is 28.6 Å². The second-order valence-corrected chi connectivity index (χ2v) is 10.0. The van der Waals surface area contributed by atoms with Crippen molar-refractivity contribution in [2.24, 2.45) is 17.3 Å². The number of nitrogens with one attached hydrogen (secondary N) is 1. The molecule has 2 amide bonds. The third-order valence-corrected chi connectivity index (χ3v) is 8.15. The fourth-order valence-electron chi connectivity index (χ4n) is 7.63. The molecule has 1 aromatic carbocycles. The molecule has 5 fully saturated rings. The molecule has 3 atom stereocenters. The predicted octanol–water partition coefficient (Wildman–Crippen LogP) is 2.94. The van der Waals surface area contributed by atoms with Gasteiger partial charge in [0.25, 0.3) is 5.91 Å². The molecule has 4 aliphatic carbocycles. The standard InChI is InChI=1S/C23H26N2O3/c26-19-16-4-1-2-5-17(16)20(27)24-23-11-14-8-15(12-23)10-22(9-14,13-23)21(28)25-7-3-6-18(19)25/h1-2,4-5,14-15,18H,3,6-13H2,(H,24,27). The maximum Gasteiger partial charge on any atom is 0.252 e. The Morgan fingerprint density at radius 1 is 0.964 bits per heavy atom. The van der Waals surface area contributed by atoms with Crippen molar-refractivity contribution in [1.82, 2.24) is 10.2 Å². The zero-order chi connectivity index (χ0) is 19.1. The zero-order valence-corrected chi connectivity index (χ0v) is 16.1. The van der Waals surface area contributed by atoms with Crippen LogP contribution in [-0.2, 0) is 4.79 Å². The first-order valence-corrected chi connectivity index (χ1v) is 10.8. The van der Waals surface area contributed by atoms with Crippen LogP contribution in [0.1, 0.15) is 72.1 Å². The van der Waals surface area contributed by atoms with Gasteiger partial charge in [0, 0.05) is 17.6 Å². The molecular weight excluding hydrogens is 352 g/mol. The number of benzene rings is 1. The van der Waals surface area contributed by atoms with Gasteiger partial charge in [0.05, 0.1) is 17.0 Å². The highest BCUT2D eigenvalue weighted by Crippen LogP contribution is 2.62. The second-order valence-electron chi connectivity index (χ2n) is 10.0. The van der Waals surface area contributed by atoms with Gasteiger partial charge in [-0.05, 0) is 69.3 Å². The SMILES string of the molecule is O=C1NC23CC4CC(C2)CC(C4)(C3)C(=O)N2CCCC2C(=O)c2ccccc21. The van der Waals surface area contributed by atoms with E-state index in [1.54, 1.807) is 12.1 Å². The summed E-state index contributed by atoms with van der Waals surface area (Å²) in [4.78, 5) is 42.5. The van der Waals surface area contributed by atoms with Crippen molar-refractivity contribution in [2.75, 3.05) is 6.54 Å². The number of hydrogen-bond donors (Lipinski definition) is 1. The van der Waals surface area contributed by atoms with Crippen LogP contribution in [0.15, 0.2) is 24.3 Å². The molecule has 1 N–H and O–H groups in total. The minimum atomic E-state index is -0.413. The number of hydrogen-bond acceptors (Lipinski definition) is 3. The number of amides is 2. The molecule has 5 heteroatoms. The van der Waals surface area contributed by atoms with Gasteiger partial charge in [0.15, 0.2) is 5.78 Å².